The molecule has 5 unspecified atom stereocenters. The van der Waals surface area contributed by atoms with Gasteiger partial charge in [0.2, 0.25) is 29.6 Å². The zero-order chi connectivity index (χ0) is 55.7. The van der Waals surface area contributed by atoms with Crippen LogP contribution in [0.15, 0.2) is 74.7 Å². The van der Waals surface area contributed by atoms with Crippen molar-refractivity contribution in [3.63, 3.8) is 0 Å². The first-order valence-corrected chi connectivity index (χ1v) is 25.2. The van der Waals surface area contributed by atoms with E-state index in [-0.39, 0.29) is 55.4 Å². The smallest absolute Gasteiger partial charge is 0.415 e. The molecular formula is C53H74N10O12. The van der Waals surface area contributed by atoms with Gasteiger partial charge in [0.05, 0.1) is 18.4 Å². The largest absolute Gasteiger partial charge is 0.467 e. The third-order valence-electron chi connectivity index (χ3n) is 11.8. The van der Waals surface area contributed by atoms with Gasteiger partial charge in [-0.25, -0.2) is 24.2 Å². The number of para-hydroxylation sites is 1. The van der Waals surface area contributed by atoms with E-state index >= 15 is 0 Å². The molecular weight excluding hydrogens is 969 g/mol. The maximum absolute atomic E-state index is 14.2. The van der Waals surface area contributed by atoms with Gasteiger partial charge in [0, 0.05) is 48.5 Å². The second kappa shape index (κ2) is 27.5. The van der Waals surface area contributed by atoms with Crippen molar-refractivity contribution in [2.75, 3.05) is 41.9 Å². The van der Waals surface area contributed by atoms with Gasteiger partial charge in [0.15, 0.2) is 0 Å². The molecule has 22 heteroatoms. The Bertz CT molecular complexity index is 2750. The predicted octanol–water partition coefficient (Wildman–Crippen LogP) is 5.35. The van der Waals surface area contributed by atoms with Crippen LogP contribution < -0.4 is 52.9 Å². The Labute approximate surface area is 436 Å². The first kappa shape index (κ1) is 59.8. The van der Waals surface area contributed by atoms with Gasteiger partial charge >= 0.3 is 23.7 Å². The number of rotatable bonds is 24. The van der Waals surface area contributed by atoms with Crippen LogP contribution in [-0.4, -0.2) is 114 Å². The Hall–Kier alpha value is -7.78. The molecule has 7 amide bonds. The van der Waals surface area contributed by atoms with Crippen LogP contribution in [0.25, 0.3) is 22.2 Å². The molecule has 0 aliphatic heterocycles. The number of anilines is 3. The van der Waals surface area contributed by atoms with E-state index < -0.39 is 94.6 Å². The monoisotopic (exact) mass is 1040 g/mol. The number of methoxy groups -OCH3 is 1. The van der Waals surface area contributed by atoms with Gasteiger partial charge in [0.25, 0.3) is 5.56 Å². The van der Waals surface area contributed by atoms with Crippen molar-refractivity contribution in [2.45, 2.75) is 138 Å². The number of urea groups is 1. The number of amides is 7. The number of hydrogen-bond acceptors (Lipinski definition) is 14. The van der Waals surface area contributed by atoms with E-state index in [1.54, 1.807) is 83.1 Å². The zero-order valence-corrected chi connectivity index (χ0v) is 45.0. The molecule has 408 valence electrons. The molecule has 0 aliphatic carbocycles. The number of unbranched alkanes of at least 4 members (excludes halogenated alkanes) is 1. The fourth-order valence-electron chi connectivity index (χ4n) is 7.89. The van der Waals surface area contributed by atoms with Crippen molar-refractivity contribution in [1.29, 1.82) is 0 Å². The highest BCUT2D eigenvalue weighted by atomic mass is 16.6. The average Bonchev–Trinajstić information content (AvgIpc) is 3.33. The van der Waals surface area contributed by atoms with Crippen LogP contribution in [0.4, 0.5) is 26.9 Å². The number of aromatic nitrogens is 2. The number of H-pyrrole nitrogens is 1. The minimum Gasteiger partial charge on any atom is -0.467 e. The highest BCUT2D eigenvalue weighted by Crippen LogP contribution is 2.25. The summed E-state index contributed by atoms with van der Waals surface area (Å²) in [6.45, 7) is 20.7. The molecule has 22 nitrogen and oxygen atoms in total. The Kier molecular flexibility index (Phi) is 21.9. The van der Waals surface area contributed by atoms with Crippen molar-refractivity contribution in [2.24, 2.45) is 11.8 Å². The van der Waals surface area contributed by atoms with E-state index in [4.69, 9.17) is 13.9 Å². The van der Waals surface area contributed by atoms with Crippen LogP contribution >= 0.6 is 0 Å². The number of ether oxygens (including phenoxy) is 2. The number of nitrogens with one attached hydrogen (secondary N) is 7. The van der Waals surface area contributed by atoms with Crippen LogP contribution in [0, 0.1) is 11.8 Å². The first-order chi connectivity index (χ1) is 35.3. The summed E-state index contributed by atoms with van der Waals surface area (Å²) < 4.78 is 16.1. The fourth-order valence-corrected chi connectivity index (χ4v) is 7.89. The van der Waals surface area contributed by atoms with Crippen molar-refractivity contribution in [1.82, 2.24) is 36.6 Å². The van der Waals surface area contributed by atoms with E-state index in [0.29, 0.717) is 16.7 Å². The second-order valence-electron chi connectivity index (χ2n) is 19.8. The number of benzene rings is 2. The molecule has 75 heavy (non-hydrogen) atoms. The summed E-state index contributed by atoms with van der Waals surface area (Å²) in [4.78, 5) is 130. The summed E-state index contributed by atoms with van der Waals surface area (Å²) in [6, 6.07) is 10.0. The van der Waals surface area contributed by atoms with Gasteiger partial charge < -0.3 is 45.4 Å². The quantitative estimate of drug-likeness (QED) is 0.0265. The minimum absolute atomic E-state index is 0.00872. The molecule has 0 fully saturated rings. The van der Waals surface area contributed by atoms with Crippen molar-refractivity contribution < 1.29 is 47.5 Å². The van der Waals surface area contributed by atoms with E-state index in [1.807, 2.05) is 33.8 Å². The third-order valence-corrected chi connectivity index (χ3v) is 11.8. The number of carbonyl (C=O) groups is 7. The van der Waals surface area contributed by atoms with Crippen LogP contribution in [0.1, 0.15) is 102 Å². The standard InChI is InChI=1S/C53H74N10O12/c1-13-62(14-2)36-24-23-34-27-37(48(69)74-41(34)28-36)39-29-42(64)59-50(58-39)61-51(71)54-25-19-18-22-38(46(67)55-32(7)44(65)57-40(26-30(3)4)49(70)73-12)56-47(68)43(31(5)6)60-45(66)33(8)63(35-20-16-15-17-21-35)52(72)75-53(9,10)11/h15-17,20-21,23-24,27-33,38,40,43H,13-14,18-19,22,25-26H2,1-12H3,(H,55,67)(H,56,68)(H,57,65)(H,60,66)(H3,54,58,59,61,64,71). The van der Waals surface area contributed by atoms with E-state index in [0.717, 1.165) is 24.8 Å². The number of fused-ring (bicyclic) bond motifs is 1. The number of carbonyl (C=O) groups excluding carboxylic acids is 7. The lowest BCUT2D eigenvalue weighted by atomic mass is 10.0. The van der Waals surface area contributed by atoms with Crippen molar-refractivity contribution in [3.8, 4) is 11.3 Å². The number of hydrogen-bond donors (Lipinski definition) is 7. The number of aromatic amines is 1. The Morgan fingerprint density at radius 2 is 1.43 bits per heavy atom. The van der Waals surface area contributed by atoms with Crippen LogP contribution in [-0.2, 0) is 33.4 Å². The maximum Gasteiger partial charge on any atom is 0.415 e. The molecule has 4 rings (SSSR count). The number of nitrogens with zero attached hydrogens (tertiary/aromatic N) is 3. The Morgan fingerprint density at radius 3 is 2.04 bits per heavy atom. The van der Waals surface area contributed by atoms with Crippen molar-refractivity contribution in [3.05, 3.63) is 81.4 Å². The highest BCUT2D eigenvalue weighted by molar-refractivity contribution is 6.00. The fraction of sp³-hybridized carbons (Fsp3) is 0.509. The lowest BCUT2D eigenvalue weighted by molar-refractivity contribution is -0.145. The van der Waals surface area contributed by atoms with Gasteiger partial charge in [-0.1, -0.05) is 45.9 Å². The summed E-state index contributed by atoms with van der Waals surface area (Å²) in [5.41, 5.74) is -0.670. The molecule has 0 radical (unpaired) electrons. The van der Waals surface area contributed by atoms with Crippen LogP contribution in [0.2, 0.25) is 0 Å². The van der Waals surface area contributed by atoms with Gasteiger partial charge in [-0.2, -0.15) is 0 Å². The van der Waals surface area contributed by atoms with Gasteiger partial charge in [-0.3, -0.25) is 39.2 Å². The van der Waals surface area contributed by atoms with E-state index in [1.165, 1.54) is 25.9 Å². The minimum atomic E-state index is -1.28. The molecule has 0 spiro atoms. The molecule has 0 saturated carbocycles. The SMILES string of the molecule is CCN(CC)c1ccc2cc(-c3cc(=O)[nH]c(NC(=O)NCCCCC(NC(=O)C(NC(=O)C(C)N(C(=O)OC(C)(C)C)c4ccccc4)C(C)C)C(=O)NC(C)C(=O)NC(CC(C)C)C(=O)OC)n3)c(=O)oc2c1. The number of esters is 1. The molecule has 0 saturated heterocycles. The molecule has 7 N–H and O–H groups in total. The predicted molar refractivity (Wildman–Crippen MR) is 285 cm³/mol. The van der Waals surface area contributed by atoms with Crippen LogP contribution in [0.5, 0.6) is 0 Å². The molecule has 2 heterocycles. The summed E-state index contributed by atoms with van der Waals surface area (Å²) in [6.07, 6.45) is -0.0307. The Balaban J connectivity index is 1.48. The summed E-state index contributed by atoms with van der Waals surface area (Å²) in [5, 5.41) is 16.4. The first-order valence-electron chi connectivity index (χ1n) is 25.2. The van der Waals surface area contributed by atoms with E-state index in [9.17, 15) is 43.2 Å². The summed E-state index contributed by atoms with van der Waals surface area (Å²) in [7, 11) is 1.20. The van der Waals surface area contributed by atoms with E-state index in [2.05, 4.69) is 46.8 Å². The van der Waals surface area contributed by atoms with Gasteiger partial charge in [-0.15, -0.1) is 0 Å². The maximum atomic E-state index is 14.2. The normalized spacial score (nSPS) is 13.4. The highest BCUT2D eigenvalue weighted by Gasteiger charge is 2.36. The molecule has 5 atom stereocenters. The molecule has 2 aromatic heterocycles. The second-order valence-corrected chi connectivity index (χ2v) is 19.8. The summed E-state index contributed by atoms with van der Waals surface area (Å²) >= 11 is 0. The Morgan fingerprint density at radius 1 is 0.760 bits per heavy atom. The van der Waals surface area contributed by atoms with Gasteiger partial charge in [0.1, 0.15) is 41.4 Å². The third kappa shape index (κ3) is 17.7. The molecule has 0 bridgehead atoms. The lowest BCUT2D eigenvalue weighted by Crippen LogP contribution is -2.59. The van der Waals surface area contributed by atoms with Crippen molar-refractivity contribution >= 4 is 70.0 Å². The topological polar surface area (TPSA) is 293 Å². The zero-order valence-electron chi connectivity index (χ0n) is 45.0. The molecule has 0 aliphatic rings. The average molecular weight is 1040 g/mol. The molecule has 2 aromatic carbocycles. The summed E-state index contributed by atoms with van der Waals surface area (Å²) in [5.74, 6) is -4.27. The van der Waals surface area contributed by atoms with Crippen LogP contribution in [0.3, 0.4) is 0 Å². The lowest BCUT2D eigenvalue weighted by Gasteiger charge is -2.32. The van der Waals surface area contributed by atoms with Gasteiger partial charge in [-0.05, 0) is 116 Å². The molecule has 4 aromatic rings.